The third-order valence-corrected chi connectivity index (χ3v) is 5.39. The molecule has 1 aromatic heterocycles. The van der Waals surface area contributed by atoms with E-state index < -0.39 is 0 Å². The smallest absolute Gasteiger partial charge is 0.119 e. The number of rotatable bonds is 6. The van der Waals surface area contributed by atoms with Gasteiger partial charge < -0.3 is 10.1 Å². The second-order valence-electron chi connectivity index (χ2n) is 4.77. The molecule has 1 heterocycles. The fourth-order valence-electron chi connectivity index (χ4n) is 2.12. The Balaban J connectivity index is 2.35. The summed E-state index contributed by atoms with van der Waals surface area (Å²) in [6.07, 6.45) is 1.12. The van der Waals surface area contributed by atoms with Gasteiger partial charge in [-0.15, -0.1) is 11.3 Å². The molecule has 0 bridgehead atoms. The topological polar surface area (TPSA) is 21.3 Å². The number of thiophene rings is 1. The average molecular weight is 354 g/mol. The molecule has 1 aromatic carbocycles. The predicted octanol–water partition coefficient (Wildman–Crippen LogP) is 4.92. The monoisotopic (exact) mass is 353 g/mol. The summed E-state index contributed by atoms with van der Waals surface area (Å²) in [5.74, 6) is 0.901. The zero-order chi connectivity index (χ0) is 14.5. The molecule has 108 valence electrons. The van der Waals surface area contributed by atoms with Crippen LogP contribution in [0.25, 0.3) is 0 Å². The molecule has 0 saturated heterocycles. The minimum Gasteiger partial charge on any atom is -0.497 e. The highest BCUT2D eigenvalue weighted by Crippen LogP contribution is 2.35. The molecule has 4 heteroatoms. The van der Waals surface area contributed by atoms with Crippen molar-refractivity contribution >= 4 is 27.3 Å². The molecule has 0 aliphatic heterocycles. The third-order valence-electron chi connectivity index (χ3n) is 3.19. The largest absolute Gasteiger partial charge is 0.497 e. The molecule has 0 fully saturated rings. The Bertz CT molecular complexity index is 548. The molecule has 2 aromatic rings. The number of hydrogen-bond donors (Lipinski definition) is 1. The van der Waals surface area contributed by atoms with Crippen molar-refractivity contribution in [3.8, 4) is 5.75 Å². The molecule has 0 saturated carbocycles. The van der Waals surface area contributed by atoms with Crippen LogP contribution in [0, 0.1) is 6.92 Å². The molecule has 20 heavy (non-hydrogen) atoms. The molecule has 1 atom stereocenters. The quantitative estimate of drug-likeness (QED) is 0.795. The van der Waals surface area contributed by atoms with Crippen LogP contribution in [0.4, 0.5) is 0 Å². The van der Waals surface area contributed by atoms with E-state index in [2.05, 4.69) is 53.3 Å². The Morgan fingerprint density at radius 2 is 2.15 bits per heavy atom. The van der Waals surface area contributed by atoms with E-state index in [9.17, 15) is 0 Å². The molecule has 0 amide bonds. The minimum atomic E-state index is 0.222. The van der Waals surface area contributed by atoms with Gasteiger partial charge in [0.25, 0.3) is 0 Å². The van der Waals surface area contributed by atoms with Crippen molar-refractivity contribution in [3.05, 3.63) is 50.1 Å². The van der Waals surface area contributed by atoms with E-state index in [4.69, 9.17) is 4.74 Å². The van der Waals surface area contributed by atoms with Crippen LogP contribution < -0.4 is 10.1 Å². The molecule has 0 radical (unpaired) electrons. The lowest BCUT2D eigenvalue weighted by Gasteiger charge is -2.18. The van der Waals surface area contributed by atoms with Crippen LogP contribution >= 0.6 is 27.3 Å². The number of ether oxygens (including phenoxy) is 1. The van der Waals surface area contributed by atoms with Crippen molar-refractivity contribution in [2.45, 2.75) is 26.3 Å². The highest BCUT2D eigenvalue weighted by molar-refractivity contribution is 9.11. The first-order valence-corrected chi connectivity index (χ1v) is 8.39. The lowest BCUT2D eigenvalue weighted by molar-refractivity contribution is 0.413. The first-order valence-electron chi connectivity index (χ1n) is 6.79. The summed E-state index contributed by atoms with van der Waals surface area (Å²) < 4.78 is 6.55. The molecule has 0 aliphatic carbocycles. The fourth-order valence-corrected chi connectivity index (χ4v) is 3.79. The Hall–Kier alpha value is -0.840. The summed E-state index contributed by atoms with van der Waals surface area (Å²) in [4.78, 5) is 1.33. The third kappa shape index (κ3) is 3.62. The number of benzene rings is 1. The first-order chi connectivity index (χ1) is 9.65. The van der Waals surface area contributed by atoms with Gasteiger partial charge in [0.2, 0.25) is 0 Å². The van der Waals surface area contributed by atoms with Gasteiger partial charge in [0.15, 0.2) is 0 Å². The van der Waals surface area contributed by atoms with E-state index in [1.807, 2.05) is 12.1 Å². The first kappa shape index (κ1) is 15.5. The van der Waals surface area contributed by atoms with Crippen LogP contribution in [0.15, 0.2) is 34.1 Å². The van der Waals surface area contributed by atoms with Gasteiger partial charge in [0.1, 0.15) is 5.75 Å². The van der Waals surface area contributed by atoms with E-state index in [0.29, 0.717) is 0 Å². The van der Waals surface area contributed by atoms with Crippen LogP contribution in [0.3, 0.4) is 0 Å². The number of halogens is 1. The van der Waals surface area contributed by atoms with Crippen molar-refractivity contribution in [2.75, 3.05) is 13.7 Å². The molecular weight excluding hydrogens is 334 g/mol. The maximum absolute atomic E-state index is 5.34. The number of aryl methyl sites for hydroxylation is 1. The standard InChI is InChI=1S/C16H20BrNOS/c1-4-8-18-15(14-9-11(2)16(17)20-14)12-6-5-7-13(10-12)19-3/h5-7,9-10,15,18H,4,8H2,1-3H3. The van der Waals surface area contributed by atoms with E-state index >= 15 is 0 Å². The summed E-state index contributed by atoms with van der Waals surface area (Å²) in [5.41, 5.74) is 2.53. The SMILES string of the molecule is CCCNC(c1cccc(OC)c1)c1cc(C)c(Br)s1. The molecule has 0 aliphatic rings. The molecule has 2 rings (SSSR count). The predicted molar refractivity (Wildman–Crippen MR) is 89.9 cm³/mol. The Kier molecular flexibility index (Phi) is 5.64. The van der Waals surface area contributed by atoms with Crippen molar-refractivity contribution in [3.63, 3.8) is 0 Å². The zero-order valence-electron chi connectivity index (χ0n) is 12.1. The fraction of sp³-hybridized carbons (Fsp3) is 0.375. The Morgan fingerprint density at radius 1 is 1.35 bits per heavy atom. The highest BCUT2D eigenvalue weighted by Gasteiger charge is 2.17. The maximum Gasteiger partial charge on any atom is 0.119 e. The Morgan fingerprint density at radius 3 is 2.75 bits per heavy atom. The van der Waals surface area contributed by atoms with Gasteiger partial charge in [-0.05, 0) is 65.1 Å². The average Bonchev–Trinajstić information content (AvgIpc) is 2.79. The lowest BCUT2D eigenvalue weighted by Crippen LogP contribution is -2.22. The van der Waals surface area contributed by atoms with Gasteiger partial charge in [-0.25, -0.2) is 0 Å². The van der Waals surface area contributed by atoms with Crippen molar-refractivity contribution < 1.29 is 4.74 Å². The summed E-state index contributed by atoms with van der Waals surface area (Å²) in [6.45, 7) is 5.31. The van der Waals surface area contributed by atoms with Crippen LogP contribution in [-0.4, -0.2) is 13.7 Å². The summed E-state index contributed by atoms with van der Waals surface area (Å²) in [7, 11) is 1.71. The van der Waals surface area contributed by atoms with Gasteiger partial charge in [0, 0.05) is 4.88 Å². The second kappa shape index (κ2) is 7.25. The second-order valence-corrected chi connectivity index (χ2v) is 7.17. The number of nitrogens with one attached hydrogen (secondary N) is 1. The van der Waals surface area contributed by atoms with E-state index in [-0.39, 0.29) is 6.04 Å². The summed E-state index contributed by atoms with van der Waals surface area (Å²) in [5, 5.41) is 3.63. The molecule has 2 nitrogen and oxygen atoms in total. The van der Waals surface area contributed by atoms with Crippen LogP contribution in [-0.2, 0) is 0 Å². The van der Waals surface area contributed by atoms with Crippen molar-refractivity contribution in [2.24, 2.45) is 0 Å². The van der Waals surface area contributed by atoms with Crippen LogP contribution in [0.2, 0.25) is 0 Å². The maximum atomic E-state index is 5.34. The van der Waals surface area contributed by atoms with Gasteiger partial charge in [-0.3, -0.25) is 0 Å². The summed E-state index contributed by atoms with van der Waals surface area (Å²) in [6, 6.07) is 10.8. The zero-order valence-corrected chi connectivity index (χ0v) is 14.5. The molecule has 1 N–H and O–H groups in total. The van der Waals surface area contributed by atoms with E-state index in [1.165, 1.54) is 19.8 Å². The van der Waals surface area contributed by atoms with Gasteiger partial charge in [-0.1, -0.05) is 19.1 Å². The van der Waals surface area contributed by atoms with Gasteiger partial charge in [-0.2, -0.15) is 0 Å². The van der Waals surface area contributed by atoms with Crippen LogP contribution in [0.5, 0.6) is 5.75 Å². The highest BCUT2D eigenvalue weighted by atomic mass is 79.9. The lowest BCUT2D eigenvalue weighted by atomic mass is 10.0. The van der Waals surface area contributed by atoms with Gasteiger partial charge >= 0.3 is 0 Å². The normalized spacial score (nSPS) is 12.4. The summed E-state index contributed by atoms with van der Waals surface area (Å²) >= 11 is 5.41. The van der Waals surface area contributed by atoms with Crippen LogP contribution in [0.1, 0.15) is 35.4 Å². The number of hydrogen-bond acceptors (Lipinski definition) is 3. The van der Waals surface area contributed by atoms with Crippen molar-refractivity contribution in [1.29, 1.82) is 0 Å². The molecule has 0 spiro atoms. The van der Waals surface area contributed by atoms with E-state index in [0.717, 1.165) is 18.7 Å². The van der Waals surface area contributed by atoms with Crippen molar-refractivity contribution in [1.82, 2.24) is 5.32 Å². The van der Waals surface area contributed by atoms with E-state index in [1.54, 1.807) is 18.4 Å². The minimum absolute atomic E-state index is 0.222. The Labute approximate surface area is 133 Å². The number of methoxy groups -OCH3 is 1. The van der Waals surface area contributed by atoms with Gasteiger partial charge in [0.05, 0.1) is 16.9 Å². The molecular formula is C16H20BrNOS. The molecule has 1 unspecified atom stereocenters.